The Bertz CT molecular complexity index is 786. The van der Waals surface area contributed by atoms with Crippen molar-refractivity contribution in [1.29, 1.82) is 5.53 Å². The van der Waals surface area contributed by atoms with E-state index in [9.17, 15) is 0 Å². The molecule has 0 saturated heterocycles. The van der Waals surface area contributed by atoms with E-state index in [1.54, 1.807) is 12.4 Å². The Morgan fingerprint density at radius 2 is 2.05 bits per heavy atom. The number of nitrogens with zero attached hydrogens (tertiary/aromatic N) is 5. The lowest BCUT2D eigenvalue weighted by Gasteiger charge is -2.08. The Morgan fingerprint density at radius 3 is 2.80 bits per heavy atom. The molecule has 98 valence electrons. The van der Waals surface area contributed by atoms with Crippen molar-refractivity contribution in [3.8, 4) is 5.69 Å². The molecule has 1 aromatic carbocycles. The van der Waals surface area contributed by atoms with Crippen molar-refractivity contribution in [3.63, 3.8) is 0 Å². The summed E-state index contributed by atoms with van der Waals surface area (Å²) < 4.78 is 2.02. The number of pyridine rings is 1. The number of hydrogen-bond donors (Lipinski definition) is 1. The highest BCUT2D eigenvalue weighted by molar-refractivity contribution is 5.77. The first kappa shape index (κ1) is 12.2. The van der Waals surface area contributed by atoms with Gasteiger partial charge in [-0.1, -0.05) is 18.2 Å². The van der Waals surface area contributed by atoms with Crippen LogP contribution >= 0.6 is 0 Å². The van der Waals surface area contributed by atoms with E-state index < -0.39 is 0 Å². The summed E-state index contributed by atoms with van der Waals surface area (Å²) in [5, 5.41) is 3.86. The summed E-state index contributed by atoms with van der Waals surface area (Å²) in [6.07, 6.45) is 3.47. The molecule has 3 aromatic rings. The molecular weight excluding hydrogens is 252 g/mol. The van der Waals surface area contributed by atoms with Gasteiger partial charge in [-0.05, 0) is 25.1 Å². The lowest BCUT2D eigenvalue weighted by molar-refractivity contribution is 0.664. The van der Waals surface area contributed by atoms with Gasteiger partial charge in [0.25, 0.3) is 0 Å². The van der Waals surface area contributed by atoms with E-state index in [1.807, 2.05) is 47.9 Å². The second kappa shape index (κ2) is 5.03. The maximum absolute atomic E-state index is 6.90. The topological polar surface area (TPSA) is 81.0 Å². The molecule has 2 heterocycles. The van der Waals surface area contributed by atoms with Crippen LogP contribution in [0.4, 0.5) is 0 Å². The molecule has 0 aliphatic rings. The standard InChI is InChI=1S/C14H13N6/c1-10(18-19-15)14-17-12-9-16-8-7-13(12)20(14)11-5-3-2-4-6-11/h2-10,15H,1H3/q+1. The zero-order valence-electron chi connectivity index (χ0n) is 10.9. The van der Waals surface area contributed by atoms with Crippen molar-refractivity contribution in [3.05, 3.63) is 54.6 Å². The largest absolute Gasteiger partial charge is 0.294 e. The van der Waals surface area contributed by atoms with Crippen LogP contribution in [0.3, 0.4) is 0 Å². The molecule has 3 rings (SSSR count). The van der Waals surface area contributed by atoms with E-state index >= 15 is 0 Å². The molecule has 0 amide bonds. The minimum atomic E-state index is -0.292. The summed E-state index contributed by atoms with van der Waals surface area (Å²) in [5.41, 5.74) is 9.67. The number of rotatable bonds is 3. The SMILES string of the molecule is CC(N=[N+]=N)c1nc2cnccc2n1-c1ccccc1. The predicted molar refractivity (Wildman–Crippen MR) is 74.6 cm³/mol. The minimum absolute atomic E-state index is 0.292. The van der Waals surface area contributed by atoms with Gasteiger partial charge in [-0.25, -0.2) is 4.98 Å². The Morgan fingerprint density at radius 1 is 1.25 bits per heavy atom. The molecular formula is C14H13N6+. The maximum atomic E-state index is 6.90. The Hall–Kier alpha value is -2.85. The molecule has 0 bridgehead atoms. The second-order valence-electron chi connectivity index (χ2n) is 4.40. The third-order valence-electron chi connectivity index (χ3n) is 3.10. The molecule has 20 heavy (non-hydrogen) atoms. The Kier molecular flexibility index (Phi) is 3.07. The fraction of sp³-hybridized carbons (Fsp3) is 0.143. The molecule has 2 aromatic heterocycles. The normalized spacial score (nSPS) is 12.1. The summed E-state index contributed by atoms with van der Waals surface area (Å²) in [6, 6.07) is 11.6. The number of para-hydroxylation sites is 1. The van der Waals surface area contributed by atoms with Gasteiger partial charge in [0.15, 0.2) is 6.04 Å². The molecule has 0 spiro atoms. The number of aromatic nitrogens is 3. The van der Waals surface area contributed by atoms with Gasteiger partial charge < -0.3 is 0 Å². The van der Waals surface area contributed by atoms with E-state index in [0.29, 0.717) is 0 Å². The molecule has 0 aliphatic carbocycles. The van der Waals surface area contributed by atoms with Crippen LogP contribution in [0.1, 0.15) is 18.8 Å². The average molecular weight is 265 g/mol. The van der Waals surface area contributed by atoms with Crippen LogP contribution in [0.2, 0.25) is 0 Å². The van der Waals surface area contributed by atoms with Crippen molar-refractivity contribution >= 4 is 11.0 Å². The lowest BCUT2D eigenvalue weighted by atomic mass is 10.2. The Labute approximate surface area is 115 Å². The number of benzene rings is 1. The summed E-state index contributed by atoms with van der Waals surface area (Å²) >= 11 is 0. The minimum Gasteiger partial charge on any atom is -0.294 e. The fourth-order valence-electron chi connectivity index (χ4n) is 2.22. The first-order valence-electron chi connectivity index (χ1n) is 6.25. The fourth-order valence-corrected chi connectivity index (χ4v) is 2.22. The van der Waals surface area contributed by atoms with E-state index in [0.717, 1.165) is 22.5 Å². The highest BCUT2D eigenvalue weighted by atomic mass is 15.2. The van der Waals surface area contributed by atoms with Crippen LogP contribution in [-0.4, -0.2) is 14.5 Å². The van der Waals surface area contributed by atoms with Gasteiger partial charge in [0.1, 0.15) is 22.0 Å². The summed E-state index contributed by atoms with van der Waals surface area (Å²) in [5.74, 6) is 0.746. The molecule has 0 fully saturated rings. The van der Waals surface area contributed by atoms with Crippen molar-refractivity contribution in [2.24, 2.45) is 5.11 Å². The monoisotopic (exact) mass is 265 g/mol. The lowest BCUT2D eigenvalue weighted by Crippen LogP contribution is -2.03. The highest BCUT2D eigenvalue weighted by Crippen LogP contribution is 2.25. The number of imidazole rings is 1. The highest BCUT2D eigenvalue weighted by Gasteiger charge is 2.20. The summed E-state index contributed by atoms with van der Waals surface area (Å²) in [6.45, 7) is 1.87. The van der Waals surface area contributed by atoms with Crippen LogP contribution < -0.4 is 4.91 Å². The van der Waals surface area contributed by atoms with Crippen LogP contribution in [0.25, 0.3) is 16.7 Å². The number of nitrogens with one attached hydrogen (secondary N) is 1. The van der Waals surface area contributed by atoms with Gasteiger partial charge in [-0.2, -0.15) is 0 Å². The van der Waals surface area contributed by atoms with E-state index in [4.69, 9.17) is 5.53 Å². The van der Waals surface area contributed by atoms with Gasteiger partial charge in [0.2, 0.25) is 4.91 Å². The molecule has 6 heteroatoms. The number of hydrogen-bond acceptors (Lipinski definition) is 4. The van der Waals surface area contributed by atoms with Crippen LogP contribution in [0, 0.1) is 5.53 Å². The third-order valence-corrected chi connectivity index (χ3v) is 3.10. The number of fused-ring (bicyclic) bond motifs is 1. The first-order valence-corrected chi connectivity index (χ1v) is 6.25. The van der Waals surface area contributed by atoms with Crippen molar-refractivity contribution in [2.75, 3.05) is 0 Å². The molecule has 0 saturated carbocycles. The smallest absolute Gasteiger partial charge is 0.214 e. The van der Waals surface area contributed by atoms with E-state index in [-0.39, 0.29) is 6.04 Å². The quantitative estimate of drug-likeness (QED) is 0.583. The van der Waals surface area contributed by atoms with Gasteiger partial charge in [0, 0.05) is 11.9 Å². The molecule has 1 unspecified atom stereocenters. The average Bonchev–Trinajstić information content (AvgIpc) is 2.88. The predicted octanol–water partition coefficient (Wildman–Crippen LogP) is 3.03. The third kappa shape index (κ3) is 1.98. The van der Waals surface area contributed by atoms with E-state index in [2.05, 4.69) is 20.0 Å². The zero-order chi connectivity index (χ0) is 13.9. The summed E-state index contributed by atoms with van der Waals surface area (Å²) in [4.78, 5) is 11.8. The molecule has 6 nitrogen and oxygen atoms in total. The van der Waals surface area contributed by atoms with Crippen LogP contribution in [-0.2, 0) is 0 Å². The molecule has 1 atom stereocenters. The van der Waals surface area contributed by atoms with Crippen LogP contribution in [0.5, 0.6) is 0 Å². The first-order chi connectivity index (χ1) is 9.81. The van der Waals surface area contributed by atoms with Gasteiger partial charge in [-0.15, -0.1) is 0 Å². The molecule has 1 N–H and O–H groups in total. The molecule has 0 radical (unpaired) electrons. The second-order valence-corrected chi connectivity index (χ2v) is 4.40. The van der Waals surface area contributed by atoms with Crippen LogP contribution in [0.15, 0.2) is 53.9 Å². The van der Waals surface area contributed by atoms with Crippen molar-refractivity contribution in [1.82, 2.24) is 19.4 Å². The zero-order valence-corrected chi connectivity index (χ0v) is 10.9. The van der Waals surface area contributed by atoms with Crippen molar-refractivity contribution in [2.45, 2.75) is 13.0 Å². The Balaban J connectivity index is 2.32. The van der Waals surface area contributed by atoms with Crippen molar-refractivity contribution < 1.29 is 0 Å². The summed E-state index contributed by atoms with van der Waals surface area (Å²) in [7, 11) is 0. The van der Waals surface area contributed by atoms with E-state index in [1.165, 1.54) is 0 Å². The molecule has 0 aliphatic heterocycles. The van der Waals surface area contributed by atoms with Gasteiger partial charge >= 0.3 is 0 Å². The van der Waals surface area contributed by atoms with Gasteiger partial charge in [0.05, 0.1) is 11.7 Å². The van der Waals surface area contributed by atoms with Gasteiger partial charge in [-0.3, -0.25) is 9.55 Å². The maximum Gasteiger partial charge on any atom is 0.214 e.